The average molecular weight is 286 g/mol. The third-order valence-electron chi connectivity index (χ3n) is 3.30. The number of nitrogens with one attached hydrogen (secondary N) is 1. The summed E-state index contributed by atoms with van der Waals surface area (Å²) >= 11 is 6.41. The summed E-state index contributed by atoms with van der Waals surface area (Å²) in [4.78, 5) is 0. The Labute approximate surface area is 123 Å². The molecule has 0 saturated heterocycles. The van der Waals surface area contributed by atoms with Crippen LogP contribution in [0.3, 0.4) is 0 Å². The van der Waals surface area contributed by atoms with Gasteiger partial charge < -0.3 is 5.32 Å². The zero-order valence-corrected chi connectivity index (χ0v) is 12.1. The normalized spacial score (nSPS) is 11.1. The second kappa shape index (κ2) is 5.65. The first-order valence-electron chi connectivity index (χ1n) is 6.72. The Kier molecular flexibility index (Phi) is 3.72. The maximum absolute atomic E-state index is 6.41. The number of benzene rings is 2. The van der Waals surface area contributed by atoms with Crippen LogP contribution in [0, 0.1) is 0 Å². The quantitative estimate of drug-likeness (QED) is 0.790. The minimum Gasteiger partial charge on any atom is -0.313 e. The van der Waals surface area contributed by atoms with Gasteiger partial charge in [-0.3, -0.25) is 0 Å². The van der Waals surface area contributed by atoms with Gasteiger partial charge in [0.25, 0.3) is 0 Å². The Hall–Kier alpha value is -1.84. The van der Waals surface area contributed by atoms with Crippen molar-refractivity contribution < 1.29 is 0 Å². The van der Waals surface area contributed by atoms with E-state index in [1.807, 2.05) is 47.3 Å². The lowest BCUT2D eigenvalue weighted by Gasteiger charge is -2.09. The predicted octanol–water partition coefficient (Wildman–Crippen LogP) is 3.79. The molecule has 3 rings (SSSR count). The number of nitrogens with zero attached hydrogens (tertiary/aromatic N) is 2. The first-order valence-corrected chi connectivity index (χ1v) is 7.09. The average Bonchev–Trinajstić information content (AvgIpc) is 2.89. The number of hydrogen-bond acceptors (Lipinski definition) is 2. The number of rotatable bonds is 4. The summed E-state index contributed by atoms with van der Waals surface area (Å²) in [5.41, 5.74) is 3.15. The van der Waals surface area contributed by atoms with Crippen molar-refractivity contribution in [2.45, 2.75) is 13.5 Å². The number of hydrogen-bond donors (Lipinski definition) is 1. The molecule has 0 saturated carbocycles. The molecule has 0 unspecified atom stereocenters. The molecule has 0 amide bonds. The Morgan fingerprint density at radius 2 is 2.05 bits per heavy atom. The molecule has 4 heteroatoms. The van der Waals surface area contributed by atoms with Crippen LogP contribution in [0.1, 0.15) is 12.5 Å². The van der Waals surface area contributed by atoms with Gasteiger partial charge in [-0.2, -0.15) is 5.10 Å². The van der Waals surface area contributed by atoms with Crippen molar-refractivity contribution in [3.63, 3.8) is 0 Å². The first kappa shape index (κ1) is 13.2. The van der Waals surface area contributed by atoms with E-state index in [9.17, 15) is 0 Å². The van der Waals surface area contributed by atoms with Crippen LogP contribution in [0.2, 0.25) is 5.02 Å². The van der Waals surface area contributed by atoms with E-state index in [0.717, 1.165) is 29.7 Å². The molecule has 0 fully saturated rings. The van der Waals surface area contributed by atoms with Crippen LogP contribution in [0.5, 0.6) is 0 Å². The molecule has 1 heterocycles. The number of aromatic nitrogens is 2. The molecular weight excluding hydrogens is 270 g/mol. The van der Waals surface area contributed by atoms with Crippen molar-refractivity contribution in [3.8, 4) is 5.69 Å². The van der Waals surface area contributed by atoms with Crippen LogP contribution in [0.4, 0.5) is 0 Å². The summed E-state index contributed by atoms with van der Waals surface area (Å²) in [7, 11) is 0. The molecule has 0 aliphatic heterocycles. The summed E-state index contributed by atoms with van der Waals surface area (Å²) in [6.07, 6.45) is 1.86. The second-order valence-corrected chi connectivity index (χ2v) is 5.09. The topological polar surface area (TPSA) is 29.9 Å². The smallest absolute Gasteiger partial charge is 0.0839 e. The molecule has 102 valence electrons. The fourth-order valence-electron chi connectivity index (χ4n) is 2.27. The lowest BCUT2D eigenvalue weighted by molar-refractivity contribution is 0.726. The molecule has 3 nitrogen and oxygen atoms in total. The largest absolute Gasteiger partial charge is 0.313 e. The summed E-state index contributed by atoms with van der Waals surface area (Å²) in [5, 5.41) is 9.56. The fraction of sp³-hybridized carbons (Fsp3) is 0.188. The van der Waals surface area contributed by atoms with E-state index in [1.165, 1.54) is 5.56 Å². The van der Waals surface area contributed by atoms with E-state index in [1.54, 1.807) is 0 Å². The standard InChI is InChI=1S/C16H16ClN3/c1-2-18-10-12-7-8-16(14(17)9-12)20-15-6-4-3-5-13(15)11-19-20/h3-9,11,18H,2,10H2,1H3. The second-order valence-electron chi connectivity index (χ2n) is 4.68. The SMILES string of the molecule is CCNCc1ccc(-n2ncc3ccccc32)c(Cl)c1. The zero-order chi connectivity index (χ0) is 13.9. The fourth-order valence-corrected chi connectivity index (χ4v) is 2.55. The molecule has 0 spiro atoms. The first-order chi connectivity index (χ1) is 9.79. The van der Waals surface area contributed by atoms with Gasteiger partial charge in [-0.05, 0) is 30.3 Å². The van der Waals surface area contributed by atoms with Crippen molar-refractivity contribution in [1.82, 2.24) is 15.1 Å². The van der Waals surface area contributed by atoms with E-state index < -0.39 is 0 Å². The molecule has 2 aromatic carbocycles. The highest BCUT2D eigenvalue weighted by atomic mass is 35.5. The van der Waals surface area contributed by atoms with Crippen LogP contribution in [0.15, 0.2) is 48.7 Å². The molecule has 20 heavy (non-hydrogen) atoms. The lowest BCUT2D eigenvalue weighted by Crippen LogP contribution is -2.11. The third kappa shape index (κ3) is 2.42. The van der Waals surface area contributed by atoms with E-state index in [0.29, 0.717) is 5.02 Å². The highest BCUT2D eigenvalue weighted by Gasteiger charge is 2.08. The maximum Gasteiger partial charge on any atom is 0.0839 e. The highest BCUT2D eigenvalue weighted by Crippen LogP contribution is 2.25. The summed E-state index contributed by atoms with van der Waals surface area (Å²) in [5.74, 6) is 0. The summed E-state index contributed by atoms with van der Waals surface area (Å²) in [6, 6.07) is 14.2. The Balaban J connectivity index is 2.02. The molecule has 0 atom stereocenters. The number of fused-ring (bicyclic) bond motifs is 1. The summed E-state index contributed by atoms with van der Waals surface area (Å²) in [6.45, 7) is 3.87. The van der Waals surface area contributed by atoms with Gasteiger partial charge in [-0.1, -0.05) is 42.8 Å². The molecule has 1 aromatic heterocycles. The minimum atomic E-state index is 0.717. The van der Waals surface area contributed by atoms with Crippen molar-refractivity contribution >= 4 is 22.5 Å². The van der Waals surface area contributed by atoms with Gasteiger partial charge >= 0.3 is 0 Å². The van der Waals surface area contributed by atoms with Gasteiger partial charge in [-0.25, -0.2) is 4.68 Å². The predicted molar refractivity (Wildman–Crippen MR) is 83.5 cm³/mol. The van der Waals surface area contributed by atoms with Crippen molar-refractivity contribution in [2.24, 2.45) is 0 Å². The number of para-hydroxylation sites is 1. The molecule has 0 aliphatic rings. The van der Waals surface area contributed by atoms with Crippen LogP contribution < -0.4 is 5.32 Å². The van der Waals surface area contributed by atoms with E-state index >= 15 is 0 Å². The van der Waals surface area contributed by atoms with Gasteiger partial charge in [0.15, 0.2) is 0 Å². The van der Waals surface area contributed by atoms with E-state index in [4.69, 9.17) is 11.6 Å². The highest BCUT2D eigenvalue weighted by molar-refractivity contribution is 6.32. The van der Waals surface area contributed by atoms with Gasteiger partial charge in [-0.15, -0.1) is 0 Å². The Morgan fingerprint density at radius 1 is 1.20 bits per heavy atom. The third-order valence-corrected chi connectivity index (χ3v) is 3.60. The van der Waals surface area contributed by atoms with Crippen molar-refractivity contribution in [1.29, 1.82) is 0 Å². The molecule has 0 aliphatic carbocycles. The van der Waals surface area contributed by atoms with Gasteiger partial charge in [0.2, 0.25) is 0 Å². The van der Waals surface area contributed by atoms with Crippen LogP contribution in [-0.2, 0) is 6.54 Å². The minimum absolute atomic E-state index is 0.717. The number of halogens is 1. The van der Waals surface area contributed by atoms with Gasteiger partial charge in [0, 0.05) is 11.9 Å². The van der Waals surface area contributed by atoms with Crippen molar-refractivity contribution in [2.75, 3.05) is 6.54 Å². The Morgan fingerprint density at radius 3 is 2.85 bits per heavy atom. The maximum atomic E-state index is 6.41. The van der Waals surface area contributed by atoms with Crippen LogP contribution in [0.25, 0.3) is 16.6 Å². The van der Waals surface area contributed by atoms with Gasteiger partial charge in [0.1, 0.15) is 0 Å². The molecule has 3 aromatic rings. The zero-order valence-electron chi connectivity index (χ0n) is 11.3. The van der Waals surface area contributed by atoms with Gasteiger partial charge in [0.05, 0.1) is 22.4 Å². The molecule has 1 N–H and O–H groups in total. The Bertz CT molecular complexity index is 733. The lowest BCUT2D eigenvalue weighted by atomic mass is 10.2. The van der Waals surface area contributed by atoms with E-state index in [2.05, 4.69) is 23.4 Å². The van der Waals surface area contributed by atoms with Crippen molar-refractivity contribution in [3.05, 3.63) is 59.2 Å². The summed E-state index contributed by atoms with van der Waals surface area (Å²) < 4.78 is 1.88. The molecular formula is C16H16ClN3. The monoisotopic (exact) mass is 285 g/mol. The molecule has 0 radical (unpaired) electrons. The molecule has 0 bridgehead atoms. The van der Waals surface area contributed by atoms with Crippen LogP contribution >= 0.6 is 11.6 Å². The van der Waals surface area contributed by atoms with Crippen LogP contribution in [-0.4, -0.2) is 16.3 Å². The van der Waals surface area contributed by atoms with E-state index in [-0.39, 0.29) is 0 Å².